The number of amides is 1. The van der Waals surface area contributed by atoms with E-state index < -0.39 is 11.9 Å². The molecular weight excluding hydrogens is 194 g/mol. The molecule has 4 heteroatoms. The second-order valence-electron chi connectivity index (χ2n) is 5.00. The lowest BCUT2D eigenvalue weighted by Crippen LogP contribution is -2.42. The molecule has 1 aliphatic carbocycles. The van der Waals surface area contributed by atoms with Gasteiger partial charge < -0.3 is 10.0 Å². The molecule has 0 bridgehead atoms. The fraction of sp³-hybridized carbons (Fsp3) is 0.818. The number of aliphatic carboxylic acids is 1. The van der Waals surface area contributed by atoms with Crippen LogP contribution in [0.5, 0.6) is 0 Å². The minimum Gasteiger partial charge on any atom is -0.481 e. The maximum atomic E-state index is 11.7. The highest BCUT2D eigenvalue weighted by molar-refractivity contribution is 5.87. The van der Waals surface area contributed by atoms with Crippen LogP contribution in [0.3, 0.4) is 0 Å². The quantitative estimate of drug-likeness (QED) is 0.760. The van der Waals surface area contributed by atoms with Crippen molar-refractivity contribution in [1.29, 1.82) is 0 Å². The van der Waals surface area contributed by atoms with E-state index in [1.54, 1.807) is 0 Å². The van der Waals surface area contributed by atoms with Gasteiger partial charge in [-0.25, -0.2) is 0 Å². The predicted molar refractivity (Wildman–Crippen MR) is 54.3 cm³/mol. The maximum Gasteiger partial charge on any atom is 0.308 e. The highest BCUT2D eigenvalue weighted by atomic mass is 16.4. The Balaban J connectivity index is 2.12. The molecule has 4 nitrogen and oxygen atoms in total. The summed E-state index contributed by atoms with van der Waals surface area (Å²) in [6.07, 6.45) is 2.25. The molecule has 1 amide bonds. The van der Waals surface area contributed by atoms with Crippen molar-refractivity contribution < 1.29 is 14.7 Å². The minimum atomic E-state index is -0.842. The first kappa shape index (κ1) is 10.5. The molecule has 0 aromatic carbocycles. The van der Waals surface area contributed by atoms with Crippen LogP contribution in [-0.4, -0.2) is 34.0 Å². The number of carboxylic acids is 1. The fourth-order valence-corrected chi connectivity index (χ4v) is 2.59. The summed E-state index contributed by atoms with van der Waals surface area (Å²) in [6, 6.07) is 0. The third kappa shape index (κ3) is 1.52. The Morgan fingerprint density at radius 1 is 1.53 bits per heavy atom. The van der Waals surface area contributed by atoms with Gasteiger partial charge in [-0.2, -0.15) is 0 Å². The normalized spacial score (nSPS) is 28.6. The molecule has 0 spiro atoms. The molecule has 0 radical (unpaired) electrons. The molecule has 2 rings (SSSR count). The Morgan fingerprint density at radius 2 is 2.13 bits per heavy atom. The third-order valence-electron chi connectivity index (χ3n) is 3.85. The first-order valence-corrected chi connectivity index (χ1v) is 5.50. The molecular formula is C11H17NO3. The zero-order chi connectivity index (χ0) is 11.2. The van der Waals surface area contributed by atoms with Crippen molar-refractivity contribution in [2.45, 2.75) is 38.6 Å². The van der Waals surface area contributed by atoms with E-state index in [0.29, 0.717) is 12.5 Å². The van der Waals surface area contributed by atoms with Crippen molar-refractivity contribution in [1.82, 2.24) is 4.90 Å². The number of carboxylic acid groups (broad SMARTS) is 1. The van der Waals surface area contributed by atoms with E-state index in [4.69, 9.17) is 5.11 Å². The van der Waals surface area contributed by atoms with E-state index in [1.807, 2.05) is 4.90 Å². The molecule has 2 aliphatic rings. The number of rotatable bonds is 3. The molecule has 1 atom stereocenters. The molecule has 1 heterocycles. The molecule has 0 aromatic heterocycles. The Hall–Kier alpha value is -1.06. The number of likely N-dealkylation sites (tertiary alicyclic amines) is 1. The van der Waals surface area contributed by atoms with Gasteiger partial charge in [0.05, 0.1) is 5.92 Å². The summed E-state index contributed by atoms with van der Waals surface area (Å²) in [7, 11) is 0. The van der Waals surface area contributed by atoms with Gasteiger partial charge in [0.1, 0.15) is 0 Å². The summed E-state index contributed by atoms with van der Waals surface area (Å²) in [5.74, 6) is -0.887. The summed E-state index contributed by atoms with van der Waals surface area (Å²) in [6.45, 7) is 4.62. The first-order chi connectivity index (χ1) is 6.97. The lowest BCUT2D eigenvalue weighted by atomic mass is 10.00. The van der Waals surface area contributed by atoms with Crippen molar-refractivity contribution in [2.75, 3.05) is 6.54 Å². The Bertz CT molecular complexity index is 307. The topological polar surface area (TPSA) is 57.6 Å². The van der Waals surface area contributed by atoms with E-state index in [0.717, 1.165) is 12.8 Å². The second-order valence-corrected chi connectivity index (χ2v) is 5.00. The Labute approximate surface area is 89.3 Å². The van der Waals surface area contributed by atoms with E-state index in [2.05, 4.69) is 13.8 Å². The van der Waals surface area contributed by atoms with Crippen LogP contribution in [0.2, 0.25) is 0 Å². The monoisotopic (exact) mass is 211 g/mol. The lowest BCUT2D eigenvalue weighted by molar-refractivity contribution is -0.141. The predicted octanol–water partition coefficient (Wildman–Crippen LogP) is 1.11. The van der Waals surface area contributed by atoms with Gasteiger partial charge in [-0.1, -0.05) is 13.8 Å². The summed E-state index contributed by atoms with van der Waals surface area (Å²) >= 11 is 0. The Kier molecular flexibility index (Phi) is 2.24. The standard InChI is InChI=1S/C11H17NO3/c1-7(2)11(3-4-11)12-6-8(10(14)15)5-9(12)13/h7-8H,3-6H2,1-2H3,(H,14,15). The zero-order valence-corrected chi connectivity index (χ0v) is 9.19. The zero-order valence-electron chi connectivity index (χ0n) is 9.19. The SMILES string of the molecule is CC(C)C1(N2CC(C(=O)O)CC2=O)CC1. The highest BCUT2D eigenvalue weighted by Crippen LogP contribution is 2.49. The van der Waals surface area contributed by atoms with Gasteiger partial charge in [0.25, 0.3) is 0 Å². The Morgan fingerprint density at radius 3 is 2.47 bits per heavy atom. The lowest BCUT2D eigenvalue weighted by Gasteiger charge is -2.31. The molecule has 1 aliphatic heterocycles. The summed E-state index contributed by atoms with van der Waals surface area (Å²) in [4.78, 5) is 24.4. The van der Waals surface area contributed by atoms with E-state index >= 15 is 0 Å². The number of carbonyl (C=O) groups is 2. The summed E-state index contributed by atoms with van der Waals surface area (Å²) in [5, 5.41) is 8.89. The van der Waals surface area contributed by atoms with Gasteiger partial charge in [0.2, 0.25) is 5.91 Å². The average molecular weight is 211 g/mol. The van der Waals surface area contributed by atoms with Crippen LogP contribution in [-0.2, 0) is 9.59 Å². The van der Waals surface area contributed by atoms with Crippen molar-refractivity contribution in [3.05, 3.63) is 0 Å². The van der Waals surface area contributed by atoms with Crippen LogP contribution in [0.15, 0.2) is 0 Å². The van der Waals surface area contributed by atoms with Crippen molar-refractivity contribution in [3.8, 4) is 0 Å². The van der Waals surface area contributed by atoms with Crippen molar-refractivity contribution in [2.24, 2.45) is 11.8 Å². The number of hydrogen-bond acceptors (Lipinski definition) is 2. The van der Waals surface area contributed by atoms with Gasteiger partial charge >= 0.3 is 5.97 Å². The number of carbonyl (C=O) groups excluding carboxylic acids is 1. The largest absolute Gasteiger partial charge is 0.481 e. The summed E-state index contributed by atoms with van der Waals surface area (Å²) < 4.78 is 0. The van der Waals surface area contributed by atoms with Gasteiger partial charge in [-0.05, 0) is 18.8 Å². The molecule has 84 valence electrons. The van der Waals surface area contributed by atoms with E-state index in [1.165, 1.54) is 0 Å². The molecule has 1 unspecified atom stereocenters. The summed E-state index contributed by atoms with van der Waals surface area (Å²) in [5.41, 5.74) is -0.0126. The van der Waals surface area contributed by atoms with Crippen molar-refractivity contribution >= 4 is 11.9 Å². The maximum absolute atomic E-state index is 11.7. The van der Waals surface area contributed by atoms with Gasteiger partial charge in [-0.15, -0.1) is 0 Å². The van der Waals surface area contributed by atoms with Gasteiger partial charge in [0, 0.05) is 18.5 Å². The van der Waals surface area contributed by atoms with Crippen LogP contribution < -0.4 is 0 Å². The molecule has 1 saturated carbocycles. The second kappa shape index (κ2) is 3.22. The first-order valence-electron chi connectivity index (χ1n) is 5.50. The molecule has 1 saturated heterocycles. The highest BCUT2D eigenvalue weighted by Gasteiger charge is 2.55. The van der Waals surface area contributed by atoms with E-state index in [-0.39, 0.29) is 17.9 Å². The molecule has 15 heavy (non-hydrogen) atoms. The van der Waals surface area contributed by atoms with E-state index in [9.17, 15) is 9.59 Å². The van der Waals surface area contributed by atoms with Crippen molar-refractivity contribution in [3.63, 3.8) is 0 Å². The third-order valence-corrected chi connectivity index (χ3v) is 3.85. The average Bonchev–Trinajstić information content (AvgIpc) is 2.85. The van der Waals surface area contributed by atoms with Crippen LogP contribution in [0.4, 0.5) is 0 Å². The smallest absolute Gasteiger partial charge is 0.308 e. The minimum absolute atomic E-state index is 0.0126. The molecule has 1 N–H and O–H groups in total. The van der Waals surface area contributed by atoms with Crippen LogP contribution in [0.1, 0.15) is 33.1 Å². The van der Waals surface area contributed by atoms with Crippen LogP contribution in [0, 0.1) is 11.8 Å². The molecule has 2 fully saturated rings. The van der Waals surface area contributed by atoms with Crippen LogP contribution >= 0.6 is 0 Å². The number of nitrogens with zero attached hydrogens (tertiary/aromatic N) is 1. The number of hydrogen-bond donors (Lipinski definition) is 1. The van der Waals surface area contributed by atoms with Gasteiger partial charge in [-0.3, -0.25) is 9.59 Å². The van der Waals surface area contributed by atoms with Gasteiger partial charge in [0.15, 0.2) is 0 Å². The van der Waals surface area contributed by atoms with Crippen LogP contribution in [0.25, 0.3) is 0 Å². The fourth-order valence-electron chi connectivity index (χ4n) is 2.59. The molecule has 0 aromatic rings.